The van der Waals surface area contributed by atoms with Crippen molar-refractivity contribution >= 4 is 107 Å². The lowest BCUT2D eigenvalue weighted by Crippen LogP contribution is -2.11. The summed E-state index contributed by atoms with van der Waals surface area (Å²) in [4.78, 5) is 2.55. The van der Waals surface area contributed by atoms with Crippen molar-refractivity contribution in [3.63, 3.8) is 0 Å². The number of rotatable bonds is 9. The molecule has 0 aliphatic rings. The van der Waals surface area contributed by atoms with Crippen LogP contribution in [0.5, 0.6) is 0 Å². The Morgan fingerprint density at radius 2 is 0.330 bits per heavy atom. The molecular formula is C108H110S4. The first-order valence-electron chi connectivity index (χ1n) is 40.4. The van der Waals surface area contributed by atoms with E-state index in [1.165, 1.54) is 205 Å². The van der Waals surface area contributed by atoms with Crippen molar-refractivity contribution in [2.75, 3.05) is 0 Å². The summed E-state index contributed by atoms with van der Waals surface area (Å²) in [5.74, 6) is 0. The van der Waals surface area contributed by atoms with Gasteiger partial charge < -0.3 is 0 Å². The van der Waals surface area contributed by atoms with E-state index in [-0.39, 0.29) is 43.3 Å². The van der Waals surface area contributed by atoms with Gasteiger partial charge in [0.2, 0.25) is 0 Å². The lowest BCUT2D eigenvalue weighted by Gasteiger charge is -2.27. The molecule has 12 aromatic carbocycles. The summed E-state index contributed by atoms with van der Waals surface area (Å²) < 4.78 is 5.26. The van der Waals surface area contributed by atoms with E-state index in [1.54, 1.807) is 0 Å². The molecule has 0 N–H and O–H groups in total. The minimum absolute atomic E-state index is 0.0325. The zero-order valence-corrected chi connectivity index (χ0v) is 73.8. The van der Waals surface area contributed by atoms with E-state index < -0.39 is 0 Å². The highest BCUT2D eigenvalue weighted by molar-refractivity contribution is 7.30. The van der Waals surface area contributed by atoms with E-state index in [1.807, 2.05) is 45.3 Å². The van der Waals surface area contributed by atoms with Crippen molar-refractivity contribution in [3.05, 3.63) is 274 Å². The molecule has 0 unspecified atom stereocenters. The Morgan fingerprint density at radius 3 is 0.500 bits per heavy atom. The first-order valence-corrected chi connectivity index (χ1v) is 43.8. The van der Waals surface area contributed by atoms with Gasteiger partial charge in [-0.05, 0) is 212 Å². The average Bonchev–Trinajstić information content (AvgIpc) is 1.35. The third-order valence-electron chi connectivity index (χ3n) is 23.8. The van der Waals surface area contributed by atoms with E-state index >= 15 is 0 Å². The molecule has 0 radical (unpaired) electrons. The summed E-state index contributed by atoms with van der Waals surface area (Å²) >= 11 is 7.80. The van der Waals surface area contributed by atoms with Crippen LogP contribution >= 0.6 is 45.3 Å². The zero-order valence-electron chi connectivity index (χ0n) is 70.6. The molecule has 0 bridgehead atoms. The molecule has 4 aromatic heterocycles. The van der Waals surface area contributed by atoms with Gasteiger partial charge in [-0.3, -0.25) is 0 Å². The van der Waals surface area contributed by atoms with Gasteiger partial charge in [0.25, 0.3) is 0 Å². The summed E-state index contributed by atoms with van der Waals surface area (Å²) in [5.41, 5.74) is 30.1. The molecule has 4 heteroatoms. The molecule has 16 rings (SSSR count). The van der Waals surface area contributed by atoms with Gasteiger partial charge in [-0.15, -0.1) is 45.3 Å². The normalized spacial score (nSPS) is 13.2. The molecule has 112 heavy (non-hydrogen) atoms. The quantitative estimate of drug-likeness (QED) is 0.135. The van der Waals surface area contributed by atoms with Gasteiger partial charge in [0.15, 0.2) is 0 Å². The highest BCUT2D eigenvalue weighted by Crippen LogP contribution is 2.61. The minimum Gasteiger partial charge on any atom is -0.143 e. The Labute approximate surface area is 683 Å². The minimum atomic E-state index is -0.0463. The van der Waals surface area contributed by atoms with Crippen molar-refractivity contribution in [2.45, 2.75) is 209 Å². The molecule has 0 aliphatic carbocycles. The molecule has 0 saturated carbocycles. The molecule has 0 amide bonds. The largest absolute Gasteiger partial charge is 0.143 e. The number of thiophene rings is 4. The Morgan fingerprint density at radius 1 is 0.170 bits per heavy atom. The molecule has 0 nitrogen and oxygen atoms in total. The number of hydrogen-bond acceptors (Lipinski definition) is 4. The Balaban J connectivity index is 1.09. The van der Waals surface area contributed by atoms with Crippen LogP contribution in [0.15, 0.2) is 229 Å². The molecular weight excluding hydrogens is 1430 g/mol. The molecule has 0 saturated heterocycles. The van der Waals surface area contributed by atoms with Crippen LogP contribution in [0.1, 0.15) is 211 Å². The summed E-state index contributed by atoms with van der Waals surface area (Å²) in [5, 5.41) is 15.2. The predicted octanol–water partition coefficient (Wildman–Crippen LogP) is 34.2. The van der Waals surface area contributed by atoms with E-state index in [9.17, 15) is 0 Å². The molecule has 0 spiro atoms. The smallest absolute Gasteiger partial charge is 0.0456 e. The van der Waals surface area contributed by atoms with Gasteiger partial charge in [0.1, 0.15) is 0 Å². The number of benzene rings is 12. The van der Waals surface area contributed by atoms with Gasteiger partial charge in [-0.1, -0.05) is 360 Å². The maximum Gasteiger partial charge on any atom is 0.0456 e. The fourth-order valence-electron chi connectivity index (χ4n) is 17.0. The summed E-state index contributed by atoms with van der Waals surface area (Å²) in [7, 11) is 0. The van der Waals surface area contributed by atoms with Crippen LogP contribution in [0.4, 0.5) is 0 Å². The van der Waals surface area contributed by atoms with Crippen LogP contribution in [0.2, 0.25) is 0 Å². The van der Waals surface area contributed by atoms with Gasteiger partial charge >= 0.3 is 0 Å². The predicted molar refractivity (Wildman–Crippen MR) is 502 cm³/mol. The SMILES string of the molecule is CC(C)(C)c1ccc(-c2c(-c3ccc(C(C)(C)C)cc3)c(-c3ccc(C(C)(C)C)cc3)c3c4sc(-c5cc6c7ccsc7c7c(-c8ccc(C(C)(C)C)cc8)c(-c8ccc(C(C)(C)C)cc8)c(-c8ccc(C(C)(C)C)cc8)c(-c8ccc(C(C)(C)C)cc8)c7c6s5)cc4c4ccsc4c3c2-c2ccc(C(C)(C)C)cc2)cc1. The van der Waals surface area contributed by atoms with E-state index in [0.717, 1.165) is 0 Å². The second-order valence-electron chi connectivity index (χ2n) is 40.2. The standard InChI is InChI=1S/C108H110S4/c1-101(2,3)71-41-25-63(26-42-71)85-87(65-29-45-73(46-30-65)103(7,8)9)91(69-37-53-77(54-38-69)107(19,20)21)95-93(89(85)67-33-49-75(50-34-67)105(13,14)15)97-79(57-59-109-97)81-61-83(111-99(81)95)84-62-82-80-58-60-110-98(80)94-90(68-35-51-76(52-36-68)106(16,17)18)86(64-27-43-72(44-28-64)102(4,5)6)88(66-31-47-74(48-32-66)104(10,11)12)92(96(94)100(82)112-84)70-39-55-78(56-40-70)108(22,23)24/h25-62H,1-24H3. The molecule has 0 fully saturated rings. The number of hydrogen-bond donors (Lipinski definition) is 0. The van der Waals surface area contributed by atoms with Crippen LogP contribution in [0.3, 0.4) is 0 Å². The van der Waals surface area contributed by atoms with Crippen LogP contribution in [0, 0.1) is 0 Å². The highest BCUT2D eigenvalue weighted by atomic mass is 32.1. The van der Waals surface area contributed by atoms with Gasteiger partial charge in [-0.25, -0.2) is 0 Å². The monoisotopic (exact) mass is 1530 g/mol. The van der Waals surface area contributed by atoms with Crippen molar-refractivity contribution in [1.29, 1.82) is 0 Å². The molecule has 16 aromatic rings. The van der Waals surface area contributed by atoms with E-state index in [0.29, 0.717) is 0 Å². The topological polar surface area (TPSA) is 0 Å². The lowest BCUT2D eigenvalue weighted by atomic mass is 9.76. The van der Waals surface area contributed by atoms with Gasteiger partial charge in [-0.2, -0.15) is 0 Å². The second-order valence-corrected chi connectivity index (χ2v) is 44.1. The molecule has 4 heterocycles. The van der Waals surface area contributed by atoms with Crippen molar-refractivity contribution < 1.29 is 0 Å². The van der Waals surface area contributed by atoms with E-state index in [4.69, 9.17) is 0 Å². The Hall–Kier alpha value is -9.00. The molecule has 566 valence electrons. The zero-order chi connectivity index (χ0) is 79.6. The molecule has 0 aliphatic heterocycles. The maximum atomic E-state index is 2.60. The third kappa shape index (κ3) is 13.8. The van der Waals surface area contributed by atoms with Gasteiger partial charge in [0, 0.05) is 71.6 Å². The van der Waals surface area contributed by atoms with Crippen molar-refractivity contribution in [3.8, 4) is 98.8 Å². The first kappa shape index (κ1) is 77.0. The summed E-state index contributed by atoms with van der Waals surface area (Å²) in [6.45, 7) is 56.1. The summed E-state index contributed by atoms with van der Waals surface area (Å²) in [6, 6.07) is 87.7. The molecule has 0 atom stereocenters. The number of fused-ring (bicyclic) bond motifs is 12. The fraction of sp³-hybridized carbons (Fsp3) is 0.296. The van der Waals surface area contributed by atoms with E-state index in [2.05, 4.69) is 395 Å². The van der Waals surface area contributed by atoms with Crippen LogP contribution in [-0.2, 0) is 43.3 Å². The van der Waals surface area contributed by atoms with Gasteiger partial charge in [0.05, 0.1) is 0 Å². The maximum absolute atomic E-state index is 2.60. The highest BCUT2D eigenvalue weighted by Gasteiger charge is 2.34. The first-order chi connectivity index (χ1) is 52.6. The van der Waals surface area contributed by atoms with Crippen molar-refractivity contribution in [2.24, 2.45) is 0 Å². The van der Waals surface area contributed by atoms with Crippen LogP contribution in [0.25, 0.3) is 161 Å². The third-order valence-corrected chi connectivity index (χ3v) is 28.2. The fourth-order valence-corrected chi connectivity index (χ4v) is 21.5. The summed E-state index contributed by atoms with van der Waals surface area (Å²) in [6.07, 6.45) is 0. The van der Waals surface area contributed by atoms with Crippen LogP contribution in [-0.4, -0.2) is 0 Å². The van der Waals surface area contributed by atoms with Crippen LogP contribution < -0.4 is 0 Å². The Bertz CT molecular complexity index is 5900. The second kappa shape index (κ2) is 27.4. The van der Waals surface area contributed by atoms with Crippen molar-refractivity contribution in [1.82, 2.24) is 0 Å². The lowest BCUT2D eigenvalue weighted by molar-refractivity contribution is 0.590. The average molecular weight is 1540 g/mol. The Kier molecular flexibility index (Phi) is 18.8.